The summed E-state index contributed by atoms with van der Waals surface area (Å²) in [6.07, 6.45) is 0. The van der Waals surface area contributed by atoms with Gasteiger partial charge < -0.3 is 14.7 Å². The van der Waals surface area contributed by atoms with E-state index in [4.69, 9.17) is 11.6 Å². The van der Waals surface area contributed by atoms with Gasteiger partial charge >= 0.3 is 0 Å². The van der Waals surface area contributed by atoms with Crippen LogP contribution in [0.4, 0.5) is 11.5 Å². The van der Waals surface area contributed by atoms with Crippen molar-refractivity contribution in [2.75, 3.05) is 57.1 Å². The fourth-order valence-electron chi connectivity index (χ4n) is 2.85. The second-order valence-electron chi connectivity index (χ2n) is 6.24. The van der Waals surface area contributed by atoms with Crippen molar-refractivity contribution in [1.82, 2.24) is 9.88 Å². The number of piperazine rings is 1. The van der Waals surface area contributed by atoms with Gasteiger partial charge in [0.15, 0.2) is 0 Å². The third-order valence-electron chi connectivity index (χ3n) is 4.34. The lowest BCUT2D eigenvalue weighted by Gasteiger charge is -2.34. The summed E-state index contributed by atoms with van der Waals surface area (Å²) in [6, 6.07) is 12.5. The third-order valence-corrected chi connectivity index (χ3v) is 4.55. The molecule has 1 aromatic carbocycles. The predicted molar refractivity (Wildman–Crippen MR) is 98.7 cm³/mol. The molecule has 2 heterocycles. The van der Waals surface area contributed by atoms with Crippen molar-refractivity contribution in [2.45, 2.75) is 0 Å². The van der Waals surface area contributed by atoms with Crippen molar-refractivity contribution >= 4 is 23.1 Å². The molecule has 0 saturated carbocycles. The van der Waals surface area contributed by atoms with Gasteiger partial charge in [0.2, 0.25) is 0 Å². The number of likely N-dealkylation sites (N-methyl/N-ethyl adjacent to an activating group) is 1. The summed E-state index contributed by atoms with van der Waals surface area (Å²) in [6.45, 7) is 4.06. The van der Waals surface area contributed by atoms with Crippen molar-refractivity contribution in [2.24, 2.45) is 0 Å². The number of halogens is 1. The summed E-state index contributed by atoms with van der Waals surface area (Å²) >= 11 is 6.16. The van der Waals surface area contributed by atoms with Gasteiger partial charge in [0.05, 0.1) is 0 Å². The molecular formula is C18H23ClN4. The molecule has 1 aliphatic rings. The molecule has 2 aromatic rings. The van der Waals surface area contributed by atoms with E-state index in [1.807, 2.05) is 6.07 Å². The summed E-state index contributed by atoms with van der Waals surface area (Å²) in [5, 5.41) is 0.549. The smallest absolute Gasteiger partial charge is 0.138 e. The van der Waals surface area contributed by atoms with Gasteiger partial charge in [0.25, 0.3) is 0 Å². The molecule has 5 heteroatoms. The number of rotatable bonds is 3. The molecule has 0 spiro atoms. The maximum absolute atomic E-state index is 6.16. The third kappa shape index (κ3) is 3.59. The minimum Gasteiger partial charge on any atom is -0.378 e. The Labute approximate surface area is 143 Å². The number of nitrogens with zero attached hydrogens (tertiary/aromatic N) is 4. The first-order chi connectivity index (χ1) is 11.0. The number of hydrogen-bond donors (Lipinski definition) is 0. The molecule has 0 aliphatic carbocycles. The zero-order valence-corrected chi connectivity index (χ0v) is 14.7. The minimum atomic E-state index is 0.549. The SMILES string of the molecule is CN1CCN(c2nc(Cl)ccc2-c2ccc(N(C)C)cc2)CC1. The van der Waals surface area contributed by atoms with Crippen LogP contribution >= 0.6 is 11.6 Å². The fourth-order valence-corrected chi connectivity index (χ4v) is 2.99. The zero-order chi connectivity index (χ0) is 16.4. The number of aromatic nitrogens is 1. The van der Waals surface area contributed by atoms with Crippen LogP contribution in [0.2, 0.25) is 5.15 Å². The van der Waals surface area contributed by atoms with E-state index in [2.05, 4.69) is 71.2 Å². The van der Waals surface area contributed by atoms with E-state index in [1.165, 1.54) is 11.3 Å². The second-order valence-corrected chi connectivity index (χ2v) is 6.62. The Hall–Kier alpha value is -1.78. The number of anilines is 2. The molecular weight excluding hydrogens is 308 g/mol. The van der Waals surface area contributed by atoms with Crippen LogP contribution in [-0.4, -0.2) is 57.2 Å². The van der Waals surface area contributed by atoms with Crippen molar-refractivity contribution in [3.63, 3.8) is 0 Å². The Morgan fingerprint density at radius 3 is 2.22 bits per heavy atom. The van der Waals surface area contributed by atoms with E-state index < -0.39 is 0 Å². The van der Waals surface area contributed by atoms with Gasteiger partial charge in [-0.1, -0.05) is 23.7 Å². The molecule has 1 aromatic heterocycles. The predicted octanol–water partition coefficient (Wildman–Crippen LogP) is 3.22. The molecule has 3 rings (SSSR count). The van der Waals surface area contributed by atoms with Gasteiger partial charge in [-0.15, -0.1) is 0 Å². The van der Waals surface area contributed by atoms with Crippen molar-refractivity contribution < 1.29 is 0 Å². The molecule has 0 unspecified atom stereocenters. The Morgan fingerprint density at radius 2 is 1.61 bits per heavy atom. The molecule has 0 N–H and O–H groups in total. The number of benzene rings is 1. The normalized spacial score (nSPS) is 15.7. The summed E-state index contributed by atoms with van der Waals surface area (Å²) in [5.41, 5.74) is 3.51. The van der Waals surface area contributed by atoms with Gasteiger partial charge in [0.1, 0.15) is 11.0 Å². The molecule has 0 amide bonds. The highest BCUT2D eigenvalue weighted by molar-refractivity contribution is 6.29. The van der Waals surface area contributed by atoms with E-state index in [0.29, 0.717) is 5.15 Å². The monoisotopic (exact) mass is 330 g/mol. The highest BCUT2D eigenvalue weighted by Gasteiger charge is 2.19. The number of hydrogen-bond acceptors (Lipinski definition) is 4. The number of pyridine rings is 1. The van der Waals surface area contributed by atoms with E-state index in [9.17, 15) is 0 Å². The first-order valence-electron chi connectivity index (χ1n) is 7.92. The van der Waals surface area contributed by atoms with Crippen molar-refractivity contribution in [3.8, 4) is 11.1 Å². The van der Waals surface area contributed by atoms with Gasteiger partial charge in [-0.3, -0.25) is 0 Å². The molecule has 1 fully saturated rings. The minimum absolute atomic E-state index is 0.549. The average Bonchev–Trinajstić information content (AvgIpc) is 2.55. The van der Waals surface area contributed by atoms with Gasteiger partial charge in [-0.05, 0) is 36.9 Å². The molecule has 1 aliphatic heterocycles. The standard InChI is InChI=1S/C18H23ClN4/c1-21(2)15-6-4-14(5-7-15)16-8-9-17(19)20-18(16)23-12-10-22(3)11-13-23/h4-9H,10-13H2,1-3H3. The maximum atomic E-state index is 6.16. The molecule has 23 heavy (non-hydrogen) atoms. The van der Waals surface area contributed by atoms with E-state index >= 15 is 0 Å². The van der Waals surface area contributed by atoms with Crippen LogP contribution in [0.25, 0.3) is 11.1 Å². The van der Waals surface area contributed by atoms with E-state index in [-0.39, 0.29) is 0 Å². The van der Waals surface area contributed by atoms with Crippen LogP contribution in [0, 0.1) is 0 Å². The quantitative estimate of drug-likeness (QED) is 0.806. The lowest BCUT2D eigenvalue weighted by atomic mass is 10.1. The molecule has 4 nitrogen and oxygen atoms in total. The van der Waals surface area contributed by atoms with Gasteiger partial charge in [-0.25, -0.2) is 4.98 Å². The average molecular weight is 331 g/mol. The van der Waals surface area contributed by atoms with Crippen LogP contribution < -0.4 is 9.80 Å². The summed E-state index contributed by atoms with van der Waals surface area (Å²) < 4.78 is 0. The topological polar surface area (TPSA) is 22.6 Å². The van der Waals surface area contributed by atoms with Gasteiger partial charge in [-0.2, -0.15) is 0 Å². The Bertz CT molecular complexity index is 661. The molecule has 1 saturated heterocycles. The van der Waals surface area contributed by atoms with Gasteiger partial charge in [0, 0.05) is 51.5 Å². The maximum Gasteiger partial charge on any atom is 0.138 e. The fraction of sp³-hybridized carbons (Fsp3) is 0.389. The summed E-state index contributed by atoms with van der Waals surface area (Å²) in [5.74, 6) is 0.989. The Kier molecular flexibility index (Phi) is 4.74. The van der Waals surface area contributed by atoms with Crippen LogP contribution in [0.1, 0.15) is 0 Å². The Balaban J connectivity index is 1.95. The van der Waals surface area contributed by atoms with Crippen LogP contribution in [0.3, 0.4) is 0 Å². The molecule has 0 atom stereocenters. The first kappa shape index (κ1) is 16.1. The lowest BCUT2D eigenvalue weighted by molar-refractivity contribution is 0.312. The molecule has 122 valence electrons. The highest BCUT2D eigenvalue weighted by Crippen LogP contribution is 2.32. The lowest BCUT2D eigenvalue weighted by Crippen LogP contribution is -2.45. The molecule has 0 radical (unpaired) electrons. The Morgan fingerprint density at radius 1 is 0.957 bits per heavy atom. The van der Waals surface area contributed by atoms with Crippen LogP contribution in [0.5, 0.6) is 0 Å². The van der Waals surface area contributed by atoms with Crippen LogP contribution in [0.15, 0.2) is 36.4 Å². The molecule has 0 bridgehead atoms. The largest absolute Gasteiger partial charge is 0.378 e. The van der Waals surface area contributed by atoms with Crippen molar-refractivity contribution in [1.29, 1.82) is 0 Å². The van der Waals surface area contributed by atoms with Crippen molar-refractivity contribution in [3.05, 3.63) is 41.6 Å². The van der Waals surface area contributed by atoms with Crippen LogP contribution in [-0.2, 0) is 0 Å². The van der Waals surface area contributed by atoms with E-state index in [1.54, 1.807) is 0 Å². The summed E-state index contributed by atoms with van der Waals surface area (Å²) in [7, 11) is 6.26. The first-order valence-corrected chi connectivity index (χ1v) is 8.30. The zero-order valence-electron chi connectivity index (χ0n) is 14.0. The highest BCUT2D eigenvalue weighted by atomic mass is 35.5. The second kappa shape index (κ2) is 6.77. The summed E-state index contributed by atoms with van der Waals surface area (Å²) in [4.78, 5) is 11.4. The van der Waals surface area contributed by atoms with E-state index in [0.717, 1.165) is 37.6 Å².